The lowest BCUT2D eigenvalue weighted by atomic mass is 10.0. The highest BCUT2D eigenvalue weighted by Crippen LogP contribution is 2.33. The summed E-state index contributed by atoms with van der Waals surface area (Å²) in [6.07, 6.45) is -0.752. The zero-order chi connectivity index (χ0) is 12.3. The van der Waals surface area contributed by atoms with Crippen LogP contribution in [0.3, 0.4) is 0 Å². The maximum atomic E-state index is 5.78. The fourth-order valence-corrected chi connectivity index (χ4v) is 2.48. The number of ether oxygens (including phenoxy) is 5. The Morgan fingerprint density at radius 2 is 1.47 bits per heavy atom. The molecule has 2 aliphatic heterocycles. The van der Waals surface area contributed by atoms with E-state index in [1.807, 2.05) is 20.8 Å². The molecule has 0 amide bonds. The van der Waals surface area contributed by atoms with Gasteiger partial charge in [0.1, 0.15) is 24.4 Å². The molecule has 0 aliphatic carbocycles. The molecule has 0 unspecified atom stereocenters. The van der Waals surface area contributed by atoms with E-state index in [1.54, 1.807) is 0 Å². The highest BCUT2D eigenvalue weighted by Gasteiger charge is 2.52. The van der Waals surface area contributed by atoms with E-state index in [2.05, 4.69) is 0 Å². The summed E-state index contributed by atoms with van der Waals surface area (Å²) in [5.74, 6) is 0. The zero-order valence-electron chi connectivity index (χ0n) is 10.8. The Hall–Kier alpha value is -0.200. The van der Waals surface area contributed by atoms with Crippen molar-refractivity contribution in [3.8, 4) is 0 Å². The van der Waals surface area contributed by atoms with Crippen LogP contribution in [-0.2, 0) is 23.7 Å². The first-order valence-corrected chi connectivity index (χ1v) is 6.43. The molecule has 0 spiro atoms. The summed E-state index contributed by atoms with van der Waals surface area (Å²) in [5.41, 5.74) is 0. The van der Waals surface area contributed by atoms with E-state index in [0.717, 1.165) is 0 Å². The van der Waals surface area contributed by atoms with E-state index in [-0.39, 0.29) is 30.7 Å². The standard InChI is InChI=1S/C12H22O5/c1-4-13-9-8-7-16-12(17-8)11(15-6-3)10(9)14-5-2/h8-12H,4-7H2,1-3H3/t8-,9-,10+,11+,12-/m1/s1. The fourth-order valence-electron chi connectivity index (χ4n) is 2.48. The average molecular weight is 246 g/mol. The molecule has 5 atom stereocenters. The normalized spacial score (nSPS) is 40.8. The molecule has 2 saturated heterocycles. The second-order valence-corrected chi connectivity index (χ2v) is 4.14. The molecule has 2 aliphatic rings. The molecule has 2 bridgehead atoms. The van der Waals surface area contributed by atoms with Gasteiger partial charge in [-0.2, -0.15) is 0 Å². The molecule has 0 N–H and O–H groups in total. The lowest BCUT2D eigenvalue weighted by molar-refractivity contribution is -0.259. The van der Waals surface area contributed by atoms with Crippen molar-refractivity contribution >= 4 is 0 Å². The van der Waals surface area contributed by atoms with Crippen LogP contribution in [0.25, 0.3) is 0 Å². The Balaban J connectivity index is 2.11. The van der Waals surface area contributed by atoms with Crippen LogP contribution in [0, 0.1) is 0 Å². The molecule has 0 aromatic heterocycles. The molecule has 2 fully saturated rings. The topological polar surface area (TPSA) is 46.2 Å². The van der Waals surface area contributed by atoms with Crippen molar-refractivity contribution in [1.29, 1.82) is 0 Å². The lowest BCUT2D eigenvalue weighted by Crippen LogP contribution is -2.57. The van der Waals surface area contributed by atoms with Gasteiger partial charge in [-0.15, -0.1) is 0 Å². The minimum atomic E-state index is -0.312. The van der Waals surface area contributed by atoms with Crippen LogP contribution in [0.4, 0.5) is 0 Å². The van der Waals surface area contributed by atoms with Gasteiger partial charge in [0.2, 0.25) is 0 Å². The van der Waals surface area contributed by atoms with Gasteiger partial charge in [0.05, 0.1) is 6.61 Å². The third-order valence-electron chi connectivity index (χ3n) is 3.09. The van der Waals surface area contributed by atoms with Crippen molar-refractivity contribution in [3.63, 3.8) is 0 Å². The van der Waals surface area contributed by atoms with E-state index in [0.29, 0.717) is 26.4 Å². The Morgan fingerprint density at radius 1 is 0.882 bits per heavy atom. The summed E-state index contributed by atoms with van der Waals surface area (Å²) in [6, 6.07) is 0. The van der Waals surface area contributed by atoms with E-state index < -0.39 is 0 Å². The molecular weight excluding hydrogens is 224 g/mol. The van der Waals surface area contributed by atoms with Gasteiger partial charge in [-0.25, -0.2) is 0 Å². The Morgan fingerprint density at radius 3 is 2.12 bits per heavy atom. The van der Waals surface area contributed by atoms with Gasteiger partial charge in [0, 0.05) is 19.8 Å². The van der Waals surface area contributed by atoms with Gasteiger partial charge in [-0.1, -0.05) is 0 Å². The predicted octanol–water partition coefficient (Wildman–Crippen LogP) is 0.957. The molecule has 0 aromatic rings. The second kappa shape index (κ2) is 6.11. The van der Waals surface area contributed by atoms with Crippen LogP contribution >= 0.6 is 0 Å². The van der Waals surface area contributed by atoms with Crippen molar-refractivity contribution in [3.05, 3.63) is 0 Å². The minimum absolute atomic E-state index is 0.0341. The van der Waals surface area contributed by atoms with Gasteiger partial charge in [-0.3, -0.25) is 0 Å². The Kier molecular flexibility index (Phi) is 4.76. The van der Waals surface area contributed by atoms with Gasteiger partial charge in [-0.05, 0) is 20.8 Å². The van der Waals surface area contributed by atoms with Crippen LogP contribution in [-0.4, -0.2) is 57.1 Å². The van der Waals surface area contributed by atoms with Gasteiger partial charge in [0.25, 0.3) is 0 Å². The number of hydrogen-bond acceptors (Lipinski definition) is 5. The molecule has 17 heavy (non-hydrogen) atoms. The molecule has 100 valence electrons. The number of fused-ring (bicyclic) bond motifs is 2. The maximum Gasteiger partial charge on any atom is 0.187 e. The molecule has 5 heteroatoms. The number of rotatable bonds is 6. The summed E-state index contributed by atoms with van der Waals surface area (Å²) >= 11 is 0. The van der Waals surface area contributed by atoms with Crippen molar-refractivity contribution in [2.24, 2.45) is 0 Å². The smallest absolute Gasteiger partial charge is 0.187 e. The van der Waals surface area contributed by atoms with Gasteiger partial charge in [0.15, 0.2) is 6.29 Å². The molecule has 2 heterocycles. The van der Waals surface area contributed by atoms with E-state index >= 15 is 0 Å². The van der Waals surface area contributed by atoms with Crippen LogP contribution in [0.1, 0.15) is 20.8 Å². The SMILES string of the molecule is CCO[C@@H]1[C@H](OCC)[C@@H]2OC[C@@H](O2)[C@H]1OCC. The number of hydrogen-bond donors (Lipinski definition) is 0. The Labute approximate surface area is 102 Å². The molecule has 0 saturated carbocycles. The molecule has 5 nitrogen and oxygen atoms in total. The lowest BCUT2D eigenvalue weighted by Gasteiger charge is -2.39. The van der Waals surface area contributed by atoms with Crippen LogP contribution < -0.4 is 0 Å². The molecule has 0 aromatic carbocycles. The van der Waals surface area contributed by atoms with E-state index in [9.17, 15) is 0 Å². The van der Waals surface area contributed by atoms with Crippen LogP contribution in [0.2, 0.25) is 0 Å². The van der Waals surface area contributed by atoms with Gasteiger partial charge >= 0.3 is 0 Å². The second-order valence-electron chi connectivity index (χ2n) is 4.14. The molecule has 2 rings (SSSR count). The first kappa shape index (κ1) is 13.2. The largest absolute Gasteiger partial charge is 0.373 e. The fraction of sp³-hybridized carbons (Fsp3) is 1.00. The predicted molar refractivity (Wildman–Crippen MR) is 60.9 cm³/mol. The van der Waals surface area contributed by atoms with E-state index in [4.69, 9.17) is 23.7 Å². The monoisotopic (exact) mass is 246 g/mol. The van der Waals surface area contributed by atoms with Crippen molar-refractivity contribution in [1.82, 2.24) is 0 Å². The third-order valence-corrected chi connectivity index (χ3v) is 3.09. The quantitative estimate of drug-likeness (QED) is 0.698. The van der Waals surface area contributed by atoms with Crippen molar-refractivity contribution < 1.29 is 23.7 Å². The Bertz CT molecular complexity index is 215. The minimum Gasteiger partial charge on any atom is -0.373 e. The van der Waals surface area contributed by atoms with Crippen molar-refractivity contribution in [2.75, 3.05) is 26.4 Å². The summed E-state index contributed by atoms with van der Waals surface area (Å²) < 4.78 is 28.6. The molecule has 0 radical (unpaired) electrons. The highest BCUT2D eigenvalue weighted by atomic mass is 16.8. The highest BCUT2D eigenvalue weighted by molar-refractivity contribution is 4.96. The maximum absolute atomic E-state index is 5.78. The third kappa shape index (κ3) is 2.63. The van der Waals surface area contributed by atoms with E-state index in [1.165, 1.54) is 0 Å². The van der Waals surface area contributed by atoms with Crippen molar-refractivity contribution in [2.45, 2.75) is 51.5 Å². The first-order chi connectivity index (χ1) is 8.31. The summed E-state index contributed by atoms with van der Waals surface area (Å²) in [6.45, 7) is 8.35. The molecular formula is C12H22O5. The van der Waals surface area contributed by atoms with Crippen LogP contribution in [0.15, 0.2) is 0 Å². The van der Waals surface area contributed by atoms with Crippen LogP contribution in [0.5, 0.6) is 0 Å². The summed E-state index contributed by atoms with van der Waals surface area (Å²) in [7, 11) is 0. The van der Waals surface area contributed by atoms with Gasteiger partial charge < -0.3 is 23.7 Å². The zero-order valence-corrected chi connectivity index (χ0v) is 10.8. The summed E-state index contributed by atoms with van der Waals surface area (Å²) in [5, 5.41) is 0. The average Bonchev–Trinajstić information content (AvgIpc) is 2.75. The first-order valence-electron chi connectivity index (χ1n) is 6.43. The summed E-state index contributed by atoms with van der Waals surface area (Å²) in [4.78, 5) is 0.